The van der Waals surface area contributed by atoms with E-state index >= 15 is 0 Å². The highest BCUT2D eigenvalue weighted by atomic mass is 19.1. The number of fused-ring (bicyclic) bond motifs is 3. The maximum Gasteiger partial charge on any atom is 0.303 e. The summed E-state index contributed by atoms with van der Waals surface area (Å²) in [6, 6.07) is 5.23. The number of carbonyl (C=O) groups excluding carboxylic acids is 1. The lowest BCUT2D eigenvalue weighted by Gasteiger charge is -2.27. The second-order valence-corrected chi connectivity index (χ2v) is 7.97. The molecule has 0 amide bonds. The van der Waals surface area contributed by atoms with Crippen molar-refractivity contribution >= 4 is 33.4 Å². The zero-order valence-corrected chi connectivity index (χ0v) is 16.2. The van der Waals surface area contributed by atoms with E-state index in [0.717, 1.165) is 0 Å². The van der Waals surface area contributed by atoms with Crippen molar-refractivity contribution in [1.29, 1.82) is 0 Å². The SMILES string of the molecule is O=C(O)CC1CCC(C(=O)Cn2c(=O)c3ccc(F)cc3c3c[n+]([O-])ccc32)CC1. The molecule has 2 heterocycles. The topological polar surface area (TPSA) is 103 Å². The van der Waals surface area contributed by atoms with Gasteiger partial charge in [-0.2, -0.15) is 4.73 Å². The van der Waals surface area contributed by atoms with Gasteiger partial charge in [-0.25, -0.2) is 4.39 Å². The van der Waals surface area contributed by atoms with E-state index in [1.54, 1.807) is 0 Å². The van der Waals surface area contributed by atoms with Crippen LogP contribution in [-0.2, 0) is 16.1 Å². The highest BCUT2D eigenvalue weighted by Crippen LogP contribution is 2.32. The fourth-order valence-electron chi connectivity index (χ4n) is 4.47. The number of benzene rings is 1. The summed E-state index contributed by atoms with van der Waals surface area (Å²) >= 11 is 0. The van der Waals surface area contributed by atoms with Crippen LogP contribution in [0.15, 0.2) is 41.5 Å². The molecule has 7 nitrogen and oxygen atoms in total. The van der Waals surface area contributed by atoms with Crippen LogP contribution in [0, 0.1) is 22.9 Å². The van der Waals surface area contributed by atoms with E-state index in [1.807, 2.05) is 0 Å². The van der Waals surface area contributed by atoms with Crippen molar-refractivity contribution in [3.63, 3.8) is 0 Å². The lowest BCUT2D eigenvalue weighted by molar-refractivity contribution is -0.603. The van der Waals surface area contributed by atoms with Gasteiger partial charge < -0.3 is 10.3 Å². The van der Waals surface area contributed by atoms with Gasteiger partial charge in [0.15, 0.2) is 18.2 Å². The largest absolute Gasteiger partial charge is 0.619 e. The van der Waals surface area contributed by atoms with Gasteiger partial charge >= 0.3 is 5.97 Å². The lowest BCUT2D eigenvalue weighted by Crippen LogP contribution is -2.32. The molecule has 0 spiro atoms. The minimum atomic E-state index is -0.828. The summed E-state index contributed by atoms with van der Waals surface area (Å²) in [5.74, 6) is -1.58. The Bertz CT molecular complexity index is 1210. The number of carbonyl (C=O) groups is 2. The number of Topliss-reactive ketones (excluding diaryl/α,β-unsaturated/α-hetero) is 1. The van der Waals surface area contributed by atoms with Gasteiger partial charge in [-0.3, -0.25) is 19.0 Å². The molecule has 1 aliphatic rings. The average molecular weight is 412 g/mol. The Morgan fingerprint density at radius 2 is 1.87 bits per heavy atom. The summed E-state index contributed by atoms with van der Waals surface area (Å²) in [6.45, 7) is -0.139. The summed E-state index contributed by atoms with van der Waals surface area (Å²) in [6.07, 6.45) is 5.17. The van der Waals surface area contributed by atoms with E-state index < -0.39 is 17.3 Å². The Kier molecular flexibility index (Phi) is 5.24. The molecule has 1 aliphatic carbocycles. The van der Waals surface area contributed by atoms with E-state index in [1.165, 1.54) is 41.2 Å². The minimum Gasteiger partial charge on any atom is -0.619 e. The summed E-state index contributed by atoms with van der Waals surface area (Å²) in [7, 11) is 0. The number of aliphatic carboxylic acids is 1. The molecule has 1 saturated carbocycles. The van der Waals surface area contributed by atoms with Crippen LogP contribution in [0.3, 0.4) is 0 Å². The third kappa shape index (κ3) is 3.77. The standard InChI is InChI=1S/C22H21FN2O5/c23-15-5-6-16-17(10-15)18-11-24(30)8-7-19(18)25(22(16)29)12-20(26)14-3-1-13(2-4-14)9-21(27)28/h5-8,10-11,13-14H,1-4,9,12H2,(H,27,28). The van der Waals surface area contributed by atoms with Gasteiger partial charge in [0.25, 0.3) is 5.56 Å². The van der Waals surface area contributed by atoms with Gasteiger partial charge in [0.2, 0.25) is 0 Å². The number of hydrogen-bond donors (Lipinski definition) is 1. The van der Waals surface area contributed by atoms with E-state index in [4.69, 9.17) is 5.11 Å². The van der Waals surface area contributed by atoms with E-state index in [0.29, 0.717) is 46.7 Å². The van der Waals surface area contributed by atoms with Crippen LogP contribution in [0.4, 0.5) is 4.39 Å². The molecule has 1 fully saturated rings. The van der Waals surface area contributed by atoms with Crippen LogP contribution in [0.1, 0.15) is 32.1 Å². The number of carboxylic acid groups (broad SMARTS) is 1. The van der Waals surface area contributed by atoms with Crippen molar-refractivity contribution < 1.29 is 23.8 Å². The number of aromatic nitrogens is 2. The number of halogens is 1. The lowest BCUT2D eigenvalue weighted by atomic mass is 9.78. The van der Waals surface area contributed by atoms with E-state index in [-0.39, 0.29) is 36.0 Å². The molecule has 0 bridgehead atoms. The van der Waals surface area contributed by atoms with Crippen molar-refractivity contribution in [2.75, 3.05) is 0 Å². The van der Waals surface area contributed by atoms with Gasteiger partial charge in [-0.1, -0.05) is 0 Å². The van der Waals surface area contributed by atoms with Gasteiger partial charge in [0, 0.05) is 29.2 Å². The van der Waals surface area contributed by atoms with Crippen molar-refractivity contribution in [3.8, 4) is 0 Å². The molecule has 8 heteroatoms. The third-order valence-electron chi connectivity index (χ3n) is 6.03. The van der Waals surface area contributed by atoms with Crippen LogP contribution in [-0.4, -0.2) is 21.4 Å². The number of pyridine rings is 2. The molecule has 2 aromatic heterocycles. The molecule has 1 aromatic carbocycles. The first-order valence-corrected chi connectivity index (χ1v) is 9.92. The Balaban J connectivity index is 1.68. The molecule has 0 aliphatic heterocycles. The van der Waals surface area contributed by atoms with Crippen LogP contribution >= 0.6 is 0 Å². The fraction of sp³-hybridized carbons (Fsp3) is 0.364. The zero-order valence-electron chi connectivity index (χ0n) is 16.2. The first-order chi connectivity index (χ1) is 14.3. The first kappa shape index (κ1) is 20.0. The van der Waals surface area contributed by atoms with Gasteiger partial charge in [-0.15, -0.1) is 0 Å². The molecule has 0 radical (unpaired) electrons. The first-order valence-electron chi connectivity index (χ1n) is 9.92. The Morgan fingerprint density at radius 3 is 2.57 bits per heavy atom. The van der Waals surface area contributed by atoms with Crippen LogP contribution in [0.2, 0.25) is 0 Å². The second kappa shape index (κ2) is 7.85. The molecule has 4 rings (SSSR count). The summed E-state index contributed by atoms with van der Waals surface area (Å²) in [5, 5.41) is 21.7. The van der Waals surface area contributed by atoms with E-state index in [9.17, 15) is 24.0 Å². The van der Waals surface area contributed by atoms with Crippen molar-refractivity contribution in [1.82, 2.24) is 4.57 Å². The van der Waals surface area contributed by atoms with Crippen LogP contribution < -0.4 is 10.3 Å². The van der Waals surface area contributed by atoms with Gasteiger partial charge in [0.1, 0.15) is 5.82 Å². The number of hydrogen-bond acceptors (Lipinski definition) is 4. The normalized spacial score (nSPS) is 19.2. The van der Waals surface area contributed by atoms with Crippen molar-refractivity contribution in [2.24, 2.45) is 11.8 Å². The maximum absolute atomic E-state index is 13.8. The molecular weight excluding hydrogens is 391 g/mol. The van der Waals surface area contributed by atoms with Gasteiger partial charge in [0.05, 0.1) is 17.4 Å². The Morgan fingerprint density at radius 1 is 1.13 bits per heavy atom. The highest BCUT2D eigenvalue weighted by Gasteiger charge is 2.28. The molecule has 1 N–H and O–H groups in total. The monoisotopic (exact) mass is 412 g/mol. The minimum absolute atomic E-state index is 0.0816. The van der Waals surface area contributed by atoms with Crippen molar-refractivity contribution in [2.45, 2.75) is 38.6 Å². The second-order valence-electron chi connectivity index (χ2n) is 7.97. The Hall–Kier alpha value is -3.29. The van der Waals surface area contributed by atoms with Crippen molar-refractivity contribution in [3.05, 3.63) is 58.0 Å². The number of ketones is 1. The molecule has 0 saturated heterocycles. The molecule has 0 unspecified atom stereocenters. The Labute approximate surface area is 170 Å². The van der Waals surface area contributed by atoms with Crippen LogP contribution in [0.25, 0.3) is 21.7 Å². The molecular formula is C22H21FN2O5. The summed E-state index contributed by atoms with van der Waals surface area (Å²) < 4.78 is 15.7. The number of carboxylic acids is 1. The number of rotatable bonds is 5. The maximum atomic E-state index is 13.8. The zero-order chi connectivity index (χ0) is 21.4. The molecule has 3 aromatic rings. The predicted molar refractivity (Wildman–Crippen MR) is 107 cm³/mol. The predicted octanol–water partition coefficient (Wildman–Crippen LogP) is 2.78. The quantitative estimate of drug-likeness (QED) is 0.394. The average Bonchev–Trinajstić information content (AvgIpc) is 2.71. The highest BCUT2D eigenvalue weighted by molar-refractivity contribution is 6.05. The third-order valence-corrected chi connectivity index (χ3v) is 6.03. The fourth-order valence-corrected chi connectivity index (χ4v) is 4.47. The summed E-state index contributed by atoms with van der Waals surface area (Å²) in [4.78, 5) is 36.9. The molecule has 0 atom stereocenters. The van der Waals surface area contributed by atoms with Gasteiger partial charge in [-0.05, 0) is 49.8 Å². The number of nitrogens with zero attached hydrogens (tertiary/aromatic N) is 2. The molecule has 156 valence electrons. The van der Waals surface area contributed by atoms with E-state index in [2.05, 4.69) is 0 Å². The summed E-state index contributed by atoms with van der Waals surface area (Å²) in [5.41, 5.74) is -0.00725. The molecule has 30 heavy (non-hydrogen) atoms. The smallest absolute Gasteiger partial charge is 0.303 e. The van der Waals surface area contributed by atoms with Crippen LogP contribution in [0.5, 0.6) is 0 Å².